The molecule has 8 heteroatoms. The fourth-order valence-electron chi connectivity index (χ4n) is 3.03. The van der Waals surface area contributed by atoms with Crippen molar-refractivity contribution in [1.82, 2.24) is 15.2 Å². The first-order valence-electron chi connectivity index (χ1n) is 8.95. The molecule has 1 atom stereocenters. The van der Waals surface area contributed by atoms with Crippen molar-refractivity contribution in [2.24, 2.45) is 0 Å². The van der Waals surface area contributed by atoms with E-state index in [1.54, 1.807) is 0 Å². The Labute approximate surface area is 179 Å². The molecular weight excluding hydrogens is 452 g/mol. The number of thioether (sulfide) groups is 1. The normalized spacial score (nSPS) is 14.9. The fourth-order valence-corrected chi connectivity index (χ4v) is 4.08. The predicted molar refractivity (Wildman–Crippen MR) is 115 cm³/mol. The lowest BCUT2D eigenvalue weighted by atomic mass is 10.1. The van der Waals surface area contributed by atoms with Gasteiger partial charge >= 0.3 is 0 Å². The Hall–Kier alpha value is -2.84. The summed E-state index contributed by atoms with van der Waals surface area (Å²) in [5.74, 6) is 1.81. The molecule has 144 valence electrons. The molecule has 2 aromatic carbocycles. The van der Waals surface area contributed by atoms with Gasteiger partial charge in [-0.2, -0.15) is 4.98 Å². The summed E-state index contributed by atoms with van der Waals surface area (Å²) in [6, 6.07) is 21.7. The highest BCUT2D eigenvalue weighted by molar-refractivity contribution is 9.10. The molecule has 0 saturated carbocycles. The van der Waals surface area contributed by atoms with Crippen LogP contribution < -0.4 is 10.1 Å². The largest absolute Gasteiger partial charge is 0.448 e. The van der Waals surface area contributed by atoms with Crippen molar-refractivity contribution >= 4 is 33.4 Å². The molecule has 0 fully saturated rings. The highest BCUT2D eigenvalue weighted by Crippen LogP contribution is 2.40. The summed E-state index contributed by atoms with van der Waals surface area (Å²) >= 11 is 4.86. The van der Waals surface area contributed by atoms with Crippen LogP contribution in [0.3, 0.4) is 0 Å². The maximum absolute atomic E-state index is 6.18. The smallest absolute Gasteiger partial charge is 0.247 e. The molecule has 3 heterocycles. The van der Waals surface area contributed by atoms with Crippen LogP contribution in [0.15, 0.2) is 81.0 Å². The van der Waals surface area contributed by atoms with Gasteiger partial charge in [-0.05, 0) is 39.7 Å². The number of nitrogens with one attached hydrogen (secondary N) is 1. The lowest BCUT2D eigenvalue weighted by molar-refractivity contribution is 0.194. The van der Waals surface area contributed by atoms with Crippen molar-refractivity contribution in [2.75, 3.05) is 5.32 Å². The number of benzene rings is 2. The van der Waals surface area contributed by atoms with Crippen molar-refractivity contribution < 1.29 is 9.15 Å². The minimum Gasteiger partial charge on any atom is -0.448 e. The van der Waals surface area contributed by atoms with Crippen LogP contribution in [0.2, 0.25) is 0 Å². The number of hydrogen-bond acceptors (Lipinski definition) is 7. The fraction of sp³-hybridized carbons (Fsp3) is 0.0952. The zero-order chi connectivity index (χ0) is 19.6. The topological polar surface area (TPSA) is 73.1 Å². The minimum absolute atomic E-state index is 0.422. The highest BCUT2D eigenvalue weighted by Gasteiger charge is 2.27. The summed E-state index contributed by atoms with van der Waals surface area (Å²) in [5, 5.41) is 12.7. The molecule has 0 amide bonds. The lowest BCUT2D eigenvalue weighted by Gasteiger charge is -2.16. The van der Waals surface area contributed by atoms with Gasteiger partial charge in [0.25, 0.3) is 0 Å². The van der Waals surface area contributed by atoms with Crippen molar-refractivity contribution in [2.45, 2.75) is 17.1 Å². The predicted octanol–water partition coefficient (Wildman–Crippen LogP) is 5.69. The highest BCUT2D eigenvalue weighted by atomic mass is 79.9. The van der Waals surface area contributed by atoms with Crippen LogP contribution in [0.5, 0.6) is 5.88 Å². The van der Waals surface area contributed by atoms with Crippen LogP contribution in [0, 0.1) is 0 Å². The minimum atomic E-state index is -0.535. The Kier molecular flexibility index (Phi) is 4.95. The third-order valence-electron chi connectivity index (χ3n) is 4.40. The number of para-hydroxylation sites is 1. The number of halogens is 1. The molecule has 6 nitrogen and oxygen atoms in total. The molecule has 0 radical (unpaired) electrons. The number of furan rings is 1. The van der Waals surface area contributed by atoms with E-state index < -0.39 is 6.23 Å². The van der Waals surface area contributed by atoms with Gasteiger partial charge in [0.1, 0.15) is 0 Å². The van der Waals surface area contributed by atoms with Crippen molar-refractivity contribution in [1.29, 1.82) is 0 Å². The van der Waals surface area contributed by atoms with Crippen molar-refractivity contribution in [3.05, 3.63) is 82.7 Å². The molecule has 0 bridgehead atoms. The molecule has 29 heavy (non-hydrogen) atoms. The van der Waals surface area contributed by atoms with Gasteiger partial charge in [-0.1, -0.05) is 60.3 Å². The van der Waals surface area contributed by atoms with E-state index in [4.69, 9.17) is 9.15 Å². The van der Waals surface area contributed by atoms with Gasteiger partial charge < -0.3 is 14.5 Å². The summed E-state index contributed by atoms with van der Waals surface area (Å²) in [6.07, 6.45) is -0.535. The third kappa shape index (κ3) is 3.86. The van der Waals surface area contributed by atoms with Crippen LogP contribution >= 0.6 is 27.7 Å². The van der Waals surface area contributed by atoms with Crippen LogP contribution in [0.1, 0.15) is 17.6 Å². The van der Waals surface area contributed by atoms with Gasteiger partial charge in [-0.15, -0.1) is 10.2 Å². The molecule has 1 aliphatic rings. The standard InChI is InChI=1S/C21H15BrN4O2S/c22-17-11-10-16(27-17)19-23-15-9-5-4-8-14(15)18-20(28-19)24-21(26-25-18)29-12-13-6-2-1-3-7-13/h1-11,19,23H,12H2/t19-/m0/s1. The number of aromatic nitrogens is 3. The maximum Gasteiger partial charge on any atom is 0.247 e. The average Bonchev–Trinajstić information content (AvgIpc) is 3.12. The summed E-state index contributed by atoms with van der Waals surface area (Å²) in [5.41, 5.74) is 3.56. The van der Waals surface area contributed by atoms with E-state index in [1.165, 1.54) is 17.3 Å². The lowest BCUT2D eigenvalue weighted by Crippen LogP contribution is -2.16. The van der Waals surface area contributed by atoms with E-state index in [0.717, 1.165) is 17.0 Å². The summed E-state index contributed by atoms with van der Waals surface area (Å²) in [4.78, 5) is 4.64. The Morgan fingerprint density at radius 3 is 2.62 bits per heavy atom. The quantitative estimate of drug-likeness (QED) is 0.387. The summed E-state index contributed by atoms with van der Waals surface area (Å²) in [6.45, 7) is 0. The second-order valence-corrected chi connectivity index (χ2v) is 8.08. The molecule has 5 rings (SSSR count). The molecular formula is C21H15BrN4O2S. The molecule has 2 aromatic heterocycles. The molecule has 1 N–H and O–H groups in total. The van der Waals surface area contributed by atoms with Gasteiger partial charge in [0.15, 0.2) is 16.1 Å². The Balaban J connectivity index is 1.50. The Morgan fingerprint density at radius 1 is 0.966 bits per heavy atom. The number of rotatable bonds is 4. The summed E-state index contributed by atoms with van der Waals surface area (Å²) in [7, 11) is 0. The van der Waals surface area contributed by atoms with Crippen LogP contribution in [0.4, 0.5) is 5.69 Å². The van der Waals surface area contributed by atoms with Gasteiger partial charge in [0.05, 0.1) is 0 Å². The van der Waals surface area contributed by atoms with Gasteiger partial charge in [0.2, 0.25) is 17.3 Å². The van der Waals surface area contributed by atoms with Crippen molar-refractivity contribution in [3.63, 3.8) is 0 Å². The third-order valence-corrected chi connectivity index (χ3v) is 5.73. The van der Waals surface area contributed by atoms with Crippen molar-refractivity contribution in [3.8, 4) is 17.1 Å². The molecule has 4 aromatic rings. The maximum atomic E-state index is 6.18. The molecule has 0 saturated heterocycles. The van der Waals surface area contributed by atoms with Gasteiger partial charge in [-0.25, -0.2) is 0 Å². The first kappa shape index (κ1) is 18.2. The van der Waals surface area contributed by atoms with E-state index >= 15 is 0 Å². The van der Waals surface area contributed by atoms with E-state index in [0.29, 0.717) is 27.2 Å². The van der Waals surface area contributed by atoms with Gasteiger partial charge in [0, 0.05) is 17.0 Å². The first-order valence-corrected chi connectivity index (χ1v) is 10.7. The van der Waals surface area contributed by atoms with Crippen LogP contribution in [-0.2, 0) is 5.75 Å². The second kappa shape index (κ2) is 7.88. The summed E-state index contributed by atoms with van der Waals surface area (Å²) < 4.78 is 12.5. The average molecular weight is 467 g/mol. The number of fused-ring (bicyclic) bond motifs is 3. The molecule has 0 spiro atoms. The number of anilines is 1. The number of hydrogen-bond donors (Lipinski definition) is 1. The second-order valence-electron chi connectivity index (χ2n) is 6.35. The molecule has 0 aliphatic carbocycles. The van der Waals surface area contributed by atoms with Gasteiger partial charge in [-0.3, -0.25) is 0 Å². The Bertz CT molecular complexity index is 1150. The zero-order valence-electron chi connectivity index (χ0n) is 15.1. The zero-order valence-corrected chi connectivity index (χ0v) is 17.5. The SMILES string of the molecule is Brc1ccc([C@H]2Nc3ccccc3-c3nnc(SCc4ccccc4)nc3O2)o1. The molecule has 0 unspecified atom stereocenters. The first-order chi connectivity index (χ1) is 14.3. The molecule has 1 aliphatic heterocycles. The van der Waals surface area contributed by atoms with E-state index in [9.17, 15) is 0 Å². The van der Waals surface area contributed by atoms with E-state index in [-0.39, 0.29) is 0 Å². The van der Waals surface area contributed by atoms with Crippen LogP contribution in [0.25, 0.3) is 11.3 Å². The monoisotopic (exact) mass is 466 g/mol. The van der Waals surface area contributed by atoms with Crippen LogP contribution in [-0.4, -0.2) is 15.2 Å². The van der Waals surface area contributed by atoms with E-state index in [1.807, 2.05) is 54.6 Å². The Morgan fingerprint density at radius 2 is 1.79 bits per heavy atom. The van der Waals surface area contributed by atoms with E-state index in [2.05, 4.69) is 48.6 Å². The number of ether oxygens (including phenoxy) is 1. The number of nitrogens with zero attached hydrogens (tertiary/aromatic N) is 3.